The van der Waals surface area contributed by atoms with E-state index in [1.807, 2.05) is 31.2 Å². The van der Waals surface area contributed by atoms with Crippen LogP contribution in [0.3, 0.4) is 0 Å². The summed E-state index contributed by atoms with van der Waals surface area (Å²) in [6, 6.07) is 7.17. The molecule has 3 amide bonds. The number of carbonyl (C=O) groups is 2. The zero-order valence-electron chi connectivity index (χ0n) is 13.0. The van der Waals surface area contributed by atoms with Crippen LogP contribution in [0.4, 0.5) is 10.5 Å². The van der Waals surface area contributed by atoms with Gasteiger partial charge >= 0.3 is 6.03 Å². The molecule has 0 saturated carbocycles. The summed E-state index contributed by atoms with van der Waals surface area (Å²) in [7, 11) is 0. The van der Waals surface area contributed by atoms with E-state index >= 15 is 0 Å². The second-order valence-electron chi connectivity index (χ2n) is 5.55. The molecular formula is C16H23N3O3. The quantitative estimate of drug-likeness (QED) is 0.778. The van der Waals surface area contributed by atoms with E-state index in [-0.39, 0.29) is 24.1 Å². The highest BCUT2D eigenvalue weighted by Crippen LogP contribution is 2.15. The maximum atomic E-state index is 11.9. The topological polar surface area (TPSA) is 79.5 Å². The number of anilines is 1. The van der Waals surface area contributed by atoms with Crippen molar-refractivity contribution in [3.05, 3.63) is 29.8 Å². The molecule has 0 aromatic heterocycles. The first-order valence-corrected chi connectivity index (χ1v) is 7.57. The number of nitrogens with one attached hydrogen (secondary N) is 3. The highest BCUT2D eigenvalue weighted by Gasteiger charge is 2.23. The number of hydrogen-bond acceptors (Lipinski definition) is 3. The molecule has 1 fully saturated rings. The van der Waals surface area contributed by atoms with Crippen LogP contribution in [0.25, 0.3) is 0 Å². The van der Waals surface area contributed by atoms with Crippen LogP contribution >= 0.6 is 0 Å². The predicted octanol–water partition coefficient (Wildman–Crippen LogP) is 2.01. The van der Waals surface area contributed by atoms with Gasteiger partial charge < -0.3 is 20.7 Å². The minimum atomic E-state index is -0.215. The Hall–Kier alpha value is -2.08. The summed E-state index contributed by atoms with van der Waals surface area (Å²) in [6.45, 7) is 4.59. The van der Waals surface area contributed by atoms with E-state index in [0.717, 1.165) is 30.7 Å². The minimum absolute atomic E-state index is 0.00628. The predicted molar refractivity (Wildman–Crippen MR) is 84.6 cm³/mol. The molecule has 3 N–H and O–H groups in total. The van der Waals surface area contributed by atoms with Crippen LogP contribution < -0.4 is 16.0 Å². The molecule has 0 bridgehead atoms. The van der Waals surface area contributed by atoms with Crippen LogP contribution in [0.2, 0.25) is 0 Å². The summed E-state index contributed by atoms with van der Waals surface area (Å²) >= 11 is 0. The summed E-state index contributed by atoms with van der Waals surface area (Å²) in [4.78, 5) is 22.9. The Morgan fingerprint density at radius 2 is 2.23 bits per heavy atom. The largest absolute Gasteiger partial charge is 0.376 e. The molecule has 1 saturated heterocycles. The smallest absolute Gasteiger partial charge is 0.315 e. The van der Waals surface area contributed by atoms with Crippen molar-refractivity contribution in [3.8, 4) is 0 Å². The molecule has 1 aliphatic heterocycles. The van der Waals surface area contributed by atoms with Crippen molar-refractivity contribution in [2.75, 3.05) is 11.9 Å². The van der Waals surface area contributed by atoms with Crippen molar-refractivity contribution >= 4 is 17.6 Å². The van der Waals surface area contributed by atoms with E-state index in [9.17, 15) is 9.59 Å². The fourth-order valence-corrected chi connectivity index (χ4v) is 2.49. The normalized spacial score (nSPS) is 18.5. The maximum Gasteiger partial charge on any atom is 0.315 e. The average Bonchev–Trinajstić information content (AvgIpc) is 2.99. The lowest BCUT2D eigenvalue weighted by Crippen LogP contribution is -2.45. The van der Waals surface area contributed by atoms with Crippen LogP contribution in [0.15, 0.2) is 24.3 Å². The Morgan fingerprint density at radius 3 is 2.91 bits per heavy atom. The van der Waals surface area contributed by atoms with Gasteiger partial charge in [0.2, 0.25) is 5.91 Å². The molecule has 6 nitrogen and oxygen atoms in total. The number of ether oxygens (including phenoxy) is 1. The van der Waals surface area contributed by atoms with Crippen molar-refractivity contribution in [1.82, 2.24) is 10.6 Å². The Balaban J connectivity index is 1.79. The van der Waals surface area contributed by atoms with Gasteiger partial charge in [-0.25, -0.2) is 4.79 Å². The number of rotatable bonds is 5. The van der Waals surface area contributed by atoms with Gasteiger partial charge in [-0.05, 0) is 37.5 Å². The molecule has 120 valence electrons. The number of urea groups is 1. The summed E-state index contributed by atoms with van der Waals surface area (Å²) < 4.78 is 5.55. The van der Waals surface area contributed by atoms with Crippen molar-refractivity contribution in [1.29, 1.82) is 0 Å². The lowest BCUT2D eigenvalue weighted by molar-refractivity contribution is -0.114. The van der Waals surface area contributed by atoms with Gasteiger partial charge in [-0.15, -0.1) is 0 Å². The summed E-state index contributed by atoms with van der Waals surface area (Å²) in [6.07, 6.45) is 2.14. The Labute approximate surface area is 130 Å². The second-order valence-corrected chi connectivity index (χ2v) is 5.55. The highest BCUT2D eigenvalue weighted by molar-refractivity contribution is 5.88. The third kappa shape index (κ3) is 5.04. The summed E-state index contributed by atoms with van der Waals surface area (Å²) in [5, 5.41) is 8.43. The van der Waals surface area contributed by atoms with E-state index < -0.39 is 0 Å². The molecule has 0 aliphatic carbocycles. The van der Waals surface area contributed by atoms with Crippen molar-refractivity contribution in [3.63, 3.8) is 0 Å². The fraction of sp³-hybridized carbons (Fsp3) is 0.500. The SMILES string of the molecule is CC(=O)Nc1cccc(CNC(=O)N[C@H](C)[C@@H]2CCCO2)c1. The summed E-state index contributed by atoms with van der Waals surface area (Å²) in [5.74, 6) is -0.117. The number of amides is 3. The van der Waals surface area contributed by atoms with Crippen molar-refractivity contribution < 1.29 is 14.3 Å². The lowest BCUT2D eigenvalue weighted by atomic mass is 10.1. The number of benzene rings is 1. The van der Waals surface area contributed by atoms with Crippen LogP contribution in [-0.4, -0.2) is 30.7 Å². The molecule has 2 atom stereocenters. The van der Waals surface area contributed by atoms with Gasteiger partial charge in [0, 0.05) is 25.8 Å². The molecule has 0 unspecified atom stereocenters. The van der Waals surface area contributed by atoms with E-state index in [2.05, 4.69) is 16.0 Å². The van der Waals surface area contributed by atoms with Gasteiger partial charge in [-0.2, -0.15) is 0 Å². The summed E-state index contributed by atoms with van der Waals surface area (Å²) in [5.41, 5.74) is 1.64. The van der Waals surface area contributed by atoms with Gasteiger partial charge in [0.15, 0.2) is 0 Å². The first kappa shape index (κ1) is 16.3. The third-order valence-corrected chi connectivity index (χ3v) is 3.58. The zero-order chi connectivity index (χ0) is 15.9. The molecule has 6 heteroatoms. The molecular weight excluding hydrogens is 282 g/mol. The lowest BCUT2D eigenvalue weighted by Gasteiger charge is -2.20. The Morgan fingerprint density at radius 1 is 1.41 bits per heavy atom. The van der Waals surface area contributed by atoms with Gasteiger partial charge in [-0.3, -0.25) is 4.79 Å². The van der Waals surface area contributed by atoms with Gasteiger partial charge in [0.1, 0.15) is 0 Å². The molecule has 0 radical (unpaired) electrons. The van der Waals surface area contributed by atoms with Crippen molar-refractivity contribution in [2.45, 2.75) is 45.4 Å². The average molecular weight is 305 g/mol. The van der Waals surface area contributed by atoms with Crippen LogP contribution in [0.5, 0.6) is 0 Å². The van der Waals surface area contributed by atoms with E-state index in [4.69, 9.17) is 4.74 Å². The first-order valence-electron chi connectivity index (χ1n) is 7.57. The first-order chi connectivity index (χ1) is 10.5. The van der Waals surface area contributed by atoms with Gasteiger partial charge in [0.25, 0.3) is 0 Å². The molecule has 0 spiro atoms. The van der Waals surface area contributed by atoms with Crippen molar-refractivity contribution in [2.24, 2.45) is 0 Å². The van der Waals surface area contributed by atoms with Crippen LogP contribution in [-0.2, 0) is 16.1 Å². The standard InChI is InChI=1S/C16H23N3O3/c1-11(15-7-4-8-22-15)18-16(21)17-10-13-5-3-6-14(9-13)19-12(2)20/h3,5-6,9,11,15H,4,7-8,10H2,1-2H3,(H,19,20)(H2,17,18,21)/t11-,15+/m1/s1. The third-order valence-electron chi connectivity index (χ3n) is 3.58. The molecule has 1 aromatic carbocycles. The Kier molecular flexibility index (Phi) is 5.77. The highest BCUT2D eigenvalue weighted by atomic mass is 16.5. The molecule has 1 heterocycles. The van der Waals surface area contributed by atoms with Crippen LogP contribution in [0.1, 0.15) is 32.3 Å². The molecule has 22 heavy (non-hydrogen) atoms. The zero-order valence-corrected chi connectivity index (χ0v) is 13.0. The Bertz CT molecular complexity index is 527. The van der Waals surface area contributed by atoms with E-state index in [1.54, 1.807) is 0 Å². The van der Waals surface area contributed by atoms with Gasteiger partial charge in [0.05, 0.1) is 12.1 Å². The fourth-order valence-electron chi connectivity index (χ4n) is 2.49. The molecule has 2 rings (SSSR count). The number of carbonyl (C=O) groups excluding carboxylic acids is 2. The van der Waals surface area contributed by atoms with Crippen LogP contribution in [0, 0.1) is 0 Å². The maximum absolute atomic E-state index is 11.9. The van der Waals surface area contributed by atoms with Gasteiger partial charge in [-0.1, -0.05) is 12.1 Å². The monoisotopic (exact) mass is 305 g/mol. The number of hydrogen-bond donors (Lipinski definition) is 3. The molecule has 1 aromatic rings. The second kappa shape index (κ2) is 7.79. The minimum Gasteiger partial charge on any atom is -0.376 e. The van der Waals surface area contributed by atoms with E-state index in [0.29, 0.717) is 6.54 Å². The van der Waals surface area contributed by atoms with E-state index in [1.165, 1.54) is 6.92 Å². The molecule has 1 aliphatic rings.